The van der Waals surface area contributed by atoms with Crippen LogP contribution >= 0.6 is 0 Å². The van der Waals surface area contributed by atoms with Gasteiger partial charge in [0.25, 0.3) is 5.56 Å². The maximum atomic E-state index is 11.5. The lowest BCUT2D eigenvalue weighted by Gasteiger charge is -2.04. The van der Waals surface area contributed by atoms with E-state index in [4.69, 9.17) is 4.42 Å². The number of benzene rings is 1. The van der Waals surface area contributed by atoms with Gasteiger partial charge >= 0.3 is 5.69 Å². The first kappa shape index (κ1) is 9.59. The van der Waals surface area contributed by atoms with E-state index in [0.717, 1.165) is 0 Å². The predicted octanol–water partition coefficient (Wildman–Crippen LogP) is 0.274. The number of rotatable bonds is 0. The van der Waals surface area contributed by atoms with Crippen molar-refractivity contribution in [1.82, 2.24) is 9.97 Å². The molecule has 1 aromatic rings. The molecule has 2 N–H and O–H groups in total. The molecule has 0 saturated carbocycles. The lowest BCUT2D eigenvalue weighted by atomic mass is 10.1. The van der Waals surface area contributed by atoms with Crippen LogP contribution in [-0.2, 0) is 0 Å². The van der Waals surface area contributed by atoms with E-state index in [1.807, 2.05) is 0 Å². The fourth-order valence-electron chi connectivity index (χ4n) is 1.67. The second-order valence-corrected chi connectivity index (χ2v) is 3.60. The fraction of sp³-hybridized carbons (Fsp3) is 0. The van der Waals surface area contributed by atoms with Gasteiger partial charge in [0.15, 0.2) is 5.43 Å². The molecule has 3 rings (SSSR count). The third-order valence-electron chi connectivity index (χ3n) is 2.44. The average Bonchev–Trinajstić information content (AvgIpc) is 2.26. The third-order valence-corrected chi connectivity index (χ3v) is 2.44. The van der Waals surface area contributed by atoms with Crippen LogP contribution in [0.15, 0.2) is 43.1 Å². The van der Waals surface area contributed by atoms with Crippen LogP contribution in [0.25, 0.3) is 22.4 Å². The van der Waals surface area contributed by atoms with E-state index in [1.54, 1.807) is 12.1 Å². The molecular weight excluding hydrogens is 224 g/mol. The minimum absolute atomic E-state index is 0.0526. The van der Waals surface area contributed by atoms with E-state index in [0.29, 0.717) is 11.3 Å². The summed E-state index contributed by atoms with van der Waals surface area (Å²) in [4.78, 5) is 38.2. The molecule has 0 bridgehead atoms. The van der Waals surface area contributed by atoms with Gasteiger partial charge in [-0.05, 0) is 18.2 Å². The number of aromatic amines is 2. The average molecular weight is 230 g/mol. The van der Waals surface area contributed by atoms with Crippen molar-refractivity contribution in [2.24, 2.45) is 0 Å². The van der Waals surface area contributed by atoms with Gasteiger partial charge in [-0.25, -0.2) is 4.79 Å². The molecule has 2 heterocycles. The number of hydrogen-bond donors (Lipinski definition) is 2. The Morgan fingerprint density at radius 1 is 1.00 bits per heavy atom. The number of aromatic nitrogens is 2. The van der Waals surface area contributed by atoms with Crippen LogP contribution in [0.5, 0.6) is 0 Å². The summed E-state index contributed by atoms with van der Waals surface area (Å²) in [6.07, 6.45) is 0. The summed E-state index contributed by atoms with van der Waals surface area (Å²) in [5.41, 5.74) is -0.705. The van der Waals surface area contributed by atoms with E-state index in [9.17, 15) is 14.4 Å². The third kappa shape index (κ3) is 1.46. The molecule has 0 atom stereocenters. The second-order valence-electron chi connectivity index (χ2n) is 3.60. The minimum atomic E-state index is -0.649. The van der Waals surface area contributed by atoms with E-state index < -0.39 is 11.2 Å². The zero-order chi connectivity index (χ0) is 12.0. The van der Waals surface area contributed by atoms with Crippen LogP contribution in [0.3, 0.4) is 0 Å². The molecule has 0 saturated heterocycles. The molecule has 2 aliphatic rings. The summed E-state index contributed by atoms with van der Waals surface area (Å²) in [6.45, 7) is 0. The Hall–Kier alpha value is -2.63. The van der Waals surface area contributed by atoms with Crippen molar-refractivity contribution in [3.8, 4) is 11.3 Å². The maximum absolute atomic E-state index is 11.5. The van der Waals surface area contributed by atoms with Gasteiger partial charge < -0.3 is 4.42 Å². The van der Waals surface area contributed by atoms with Crippen LogP contribution in [0.4, 0.5) is 0 Å². The molecular formula is C11H6N2O4. The van der Waals surface area contributed by atoms with Gasteiger partial charge in [0.1, 0.15) is 11.1 Å². The summed E-state index contributed by atoms with van der Waals surface area (Å²) in [7, 11) is 0. The molecule has 1 aromatic heterocycles. The number of nitrogens with one attached hydrogen (secondary N) is 2. The monoisotopic (exact) mass is 230 g/mol. The van der Waals surface area contributed by atoms with Crippen molar-refractivity contribution < 1.29 is 4.42 Å². The smallest absolute Gasteiger partial charge is 0.328 e. The molecule has 0 fully saturated rings. The first-order valence-electron chi connectivity index (χ1n) is 4.84. The van der Waals surface area contributed by atoms with Gasteiger partial charge in [-0.15, -0.1) is 0 Å². The highest BCUT2D eigenvalue weighted by Gasteiger charge is 2.10. The van der Waals surface area contributed by atoms with Crippen LogP contribution in [-0.4, -0.2) is 9.97 Å². The SMILES string of the molecule is O=c1ccc2cc3c(=O)[nH]c(=O)[nH]c3oc-2c1. The molecule has 1 aliphatic carbocycles. The highest BCUT2D eigenvalue weighted by atomic mass is 16.3. The molecule has 0 spiro atoms. The summed E-state index contributed by atoms with van der Waals surface area (Å²) in [6, 6.07) is 5.80. The van der Waals surface area contributed by atoms with Gasteiger partial charge in [-0.3, -0.25) is 19.6 Å². The molecule has 0 aromatic carbocycles. The van der Waals surface area contributed by atoms with Gasteiger partial charge in [-0.1, -0.05) is 0 Å². The first-order chi connectivity index (χ1) is 8.13. The highest BCUT2D eigenvalue weighted by Crippen LogP contribution is 2.22. The lowest BCUT2D eigenvalue weighted by molar-refractivity contribution is 0.601. The Kier molecular flexibility index (Phi) is 1.79. The summed E-state index contributed by atoms with van der Waals surface area (Å²) >= 11 is 0. The van der Waals surface area contributed by atoms with E-state index in [2.05, 4.69) is 9.97 Å². The molecule has 17 heavy (non-hydrogen) atoms. The van der Waals surface area contributed by atoms with E-state index in [-0.39, 0.29) is 16.5 Å². The molecule has 6 nitrogen and oxygen atoms in total. The Balaban J connectivity index is 2.58. The van der Waals surface area contributed by atoms with Crippen LogP contribution in [0.1, 0.15) is 0 Å². The summed E-state index contributed by atoms with van der Waals surface area (Å²) < 4.78 is 5.31. The Bertz CT molecular complexity index is 856. The standard InChI is InChI=1S/C11H6N2O4/c14-6-2-1-5-3-7-9(15)12-11(16)13-10(7)17-8(5)4-6/h1-4H,(H2,12,13,15,16). The largest absolute Gasteiger partial charge is 0.439 e. The van der Waals surface area contributed by atoms with Crippen molar-refractivity contribution in [1.29, 1.82) is 0 Å². The van der Waals surface area contributed by atoms with E-state index in [1.165, 1.54) is 12.1 Å². The predicted molar refractivity (Wildman–Crippen MR) is 60.3 cm³/mol. The highest BCUT2D eigenvalue weighted by molar-refractivity contribution is 5.78. The molecule has 6 heteroatoms. The molecule has 1 aliphatic heterocycles. The Morgan fingerprint density at radius 3 is 2.65 bits per heavy atom. The lowest BCUT2D eigenvalue weighted by Crippen LogP contribution is -2.22. The fourth-order valence-corrected chi connectivity index (χ4v) is 1.67. The first-order valence-corrected chi connectivity index (χ1v) is 4.84. The molecule has 0 amide bonds. The zero-order valence-electron chi connectivity index (χ0n) is 8.44. The van der Waals surface area contributed by atoms with Gasteiger partial charge in [0.05, 0.1) is 0 Å². The minimum Gasteiger partial charge on any atom is -0.439 e. The number of H-pyrrole nitrogens is 2. The normalized spacial score (nSPS) is 11.1. The zero-order valence-corrected chi connectivity index (χ0v) is 8.44. The van der Waals surface area contributed by atoms with Crippen molar-refractivity contribution >= 4 is 11.1 Å². The topological polar surface area (TPSA) is 95.9 Å². The van der Waals surface area contributed by atoms with Crippen molar-refractivity contribution in [3.05, 3.63) is 55.3 Å². The van der Waals surface area contributed by atoms with Crippen molar-refractivity contribution in [2.75, 3.05) is 0 Å². The van der Waals surface area contributed by atoms with Gasteiger partial charge in [0.2, 0.25) is 5.71 Å². The van der Waals surface area contributed by atoms with Crippen LogP contribution in [0, 0.1) is 0 Å². The van der Waals surface area contributed by atoms with Crippen molar-refractivity contribution in [2.45, 2.75) is 0 Å². The second kappa shape index (κ2) is 3.18. The Morgan fingerprint density at radius 2 is 1.82 bits per heavy atom. The van der Waals surface area contributed by atoms with Gasteiger partial charge in [0, 0.05) is 11.6 Å². The van der Waals surface area contributed by atoms with Gasteiger partial charge in [-0.2, -0.15) is 0 Å². The quantitative estimate of drug-likeness (QED) is 0.542. The molecule has 0 radical (unpaired) electrons. The summed E-state index contributed by atoms with van der Waals surface area (Å²) in [5, 5.41) is 0.232. The van der Waals surface area contributed by atoms with E-state index >= 15 is 0 Å². The summed E-state index contributed by atoms with van der Waals surface area (Å²) in [5.74, 6) is 0.325. The molecule has 0 unspecified atom stereocenters. The molecule has 84 valence electrons. The van der Waals surface area contributed by atoms with Crippen molar-refractivity contribution in [3.63, 3.8) is 0 Å². The number of hydrogen-bond acceptors (Lipinski definition) is 4. The van der Waals surface area contributed by atoms with Crippen LogP contribution in [0.2, 0.25) is 0 Å². The number of fused-ring (bicyclic) bond motifs is 2. The van der Waals surface area contributed by atoms with Crippen LogP contribution < -0.4 is 16.7 Å². The maximum Gasteiger partial charge on any atom is 0.328 e. The Labute approximate surface area is 92.9 Å².